The van der Waals surface area contributed by atoms with Gasteiger partial charge in [0.2, 0.25) is 5.78 Å². The molecule has 0 aliphatic heterocycles. The van der Waals surface area contributed by atoms with Gasteiger partial charge in [0.25, 0.3) is 0 Å². The summed E-state index contributed by atoms with van der Waals surface area (Å²) in [7, 11) is 0. The second-order valence-corrected chi connectivity index (χ2v) is 8.14. The number of Topliss-reactive ketones (excluding diaryl/α,β-unsaturated/α-hetero) is 1. The maximum Gasteiger partial charge on any atom is 0.335 e. The zero-order valence-electron chi connectivity index (χ0n) is 15.2. The number of nitrogens with zero attached hydrogens (tertiary/aromatic N) is 2. The van der Waals surface area contributed by atoms with E-state index >= 15 is 0 Å². The number of hydrogen-bond acceptors (Lipinski definition) is 1. The third kappa shape index (κ3) is 2.73. The lowest BCUT2D eigenvalue weighted by atomic mass is 9.74. The largest absolute Gasteiger partial charge is 0.361 e. The Bertz CT molecular complexity index is 622. The van der Waals surface area contributed by atoms with Gasteiger partial charge in [-0.25, -0.2) is 0 Å². The van der Waals surface area contributed by atoms with Gasteiger partial charge in [0.05, 0.1) is 12.3 Å². The van der Waals surface area contributed by atoms with Crippen molar-refractivity contribution in [2.45, 2.75) is 70.6 Å². The number of fused-ring (bicyclic) bond motifs is 5. The third-order valence-electron chi connectivity index (χ3n) is 6.71. The van der Waals surface area contributed by atoms with Gasteiger partial charge >= 0.3 is 5.71 Å². The van der Waals surface area contributed by atoms with E-state index in [-0.39, 0.29) is 5.78 Å². The lowest BCUT2D eigenvalue weighted by Gasteiger charge is -2.28. The maximum absolute atomic E-state index is 13.3. The van der Waals surface area contributed by atoms with E-state index in [1.807, 2.05) is 0 Å². The number of ketones is 1. The van der Waals surface area contributed by atoms with Gasteiger partial charge < -0.3 is 5.53 Å². The highest BCUT2D eigenvalue weighted by atomic mass is 16.1. The van der Waals surface area contributed by atoms with Gasteiger partial charge in [0.15, 0.2) is 0 Å². The van der Waals surface area contributed by atoms with Crippen LogP contribution in [0.1, 0.15) is 70.6 Å². The molecule has 0 atom stereocenters. The molecule has 10 radical (unpaired) electrons. The van der Waals surface area contributed by atoms with Crippen LogP contribution < -0.4 is 0 Å². The summed E-state index contributed by atoms with van der Waals surface area (Å²) in [5, 5.41) is 0. The smallest absolute Gasteiger partial charge is 0.335 e. The van der Waals surface area contributed by atoms with Crippen molar-refractivity contribution in [1.82, 2.24) is 0 Å². The van der Waals surface area contributed by atoms with E-state index in [4.69, 9.17) is 0 Å². The van der Waals surface area contributed by atoms with Gasteiger partial charge in [-0.15, -0.1) is 0 Å². The summed E-state index contributed by atoms with van der Waals surface area (Å²) < 4.78 is 0. The first kappa shape index (κ1) is 17.2. The molecule has 0 aromatic rings. The normalized spacial score (nSPS) is 31.7. The molecule has 0 spiro atoms. The van der Waals surface area contributed by atoms with Gasteiger partial charge in [-0.3, -0.25) is 4.79 Å². The molecule has 0 amide bonds. The highest BCUT2D eigenvalue weighted by Gasteiger charge is 2.53. The monoisotopic (exact) mass is 344 g/mol. The van der Waals surface area contributed by atoms with Gasteiger partial charge in [0.1, 0.15) is 0 Å². The van der Waals surface area contributed by atoms with Crippen LogP contribution in [0.5, 0.6) is 0 Å². The van der Waals surface area contributed by atoms with Crippen LogP contribution in [-0.2, 0) is 4.79 Å². The Morgan fingerprint density at radius 1 is 0.654 bits per heavy atom. The Morgan fingerprint density at radius 2 is 1.19 bits per heavy atom. The molecule has 5 rings (SSSR count). The van der Waals surface area contributed by atoms with Gasteiger partial charge in [-0.05, 0) is 99.2 Å². The molecule has 0 heterocycles. The van der Waals surface area contributed by atoms with Crippen LogP contribution >= 0.6 is 0 Å². The summed E-state index contributed by atoms with van der Waals surface area (Å²) >= 11 is 0. The van der Waals surface area contributed by atoms with Gasteiger partial charge in [-0.1, -0.05) is 19.3 Å². The van der Waals surface area contributed by atoms with Crippen molar-refractivity contribution in [3.63, 3.8) is 0 Å². The minimum atomic E-state index is -0.0262. The topological polar surface area (TPSA) is 53.5 Å². The lowest BCUT2D eigenvalue weighted by molar-refractivity contribution is -0.115. The maximum atomic E-state index is 13.3. The van der Waals surface area contributed by atoms with Crippen molar-refractivity contribution in [2.75, 3.05) is 0 Å². The predicted molar refractivity (Wildman–Crippen MR) is 99.0 cm³/mol. The first-order valence-corrected chi connectivity index (χ1v) is 10.1. The van der Waals surface area contributed by atoms with Crippen LogP contribution in [0.2, 0.25) is 0 Å². The van der Waals surface area contributed by atoms with E-state index in [0.717, 1.165) is 70.1 Å². The van der Waals surface area contributed by atoms with E-state index in [1.165, 1.54) is 29.6 Å². The molecule has 3 heteroatoms. The number of carbonyl (C=O) groups is 1. The Morgan fingerprint density at radius 3 is 1.92 bits per heavy atom. The van der Waals surface area contributed by atoms with Crippen LogP contribution in [0.3, 0.4) is 0 Å². The standard InChI is InChI=1S/C23H24N2O/c24-25-21-11-10-19-15-5-2-7-17-13-16-6-1-4-14(12-15)18(19)8-3-9-20(16)22(17)23(21)26/h12-13H,1-11H2. The summed E-state index contributed by atoms with van der Waals surface area (Å²) in [6, 6.07) is 0. The molecule has 3 nitrogen and oxygen atoms in total. The summed E-state index contributed by atoms with van der Waals surface area (Å²) in [5.74, 6) is 10.7. The quantitative estimate of drug-likeness (QED) is 0.468. The molecular formula is C23H24N2O. The van der Waals surface area contributed by atoms with E-state index in [2.05, 4.69) is 17.6 Å². The molecule has 0 N–H and O–H groups in total. The van der Waals surface area contributed by atoms with Crippen LogP contribution in [0.15, 0.2) is 0 Å². The average Bonchev–Trinajstić information content (AvgIpc) is 3.13. The highest BCUT2D eigenvalue weighted by molar-refractivity contribution is 6.44. The van der Waals surface area contributed by atoms with Crippen LogP contribution in [0, 0.1) is 60.2 Å². The van der Waals surface area contributed by atoms with Gasteiger partial charge in [0, 0.05) is 0 Å². The van der Waals surface area contributed by atoms with E-state index in [0.29, 0.717) is 12.1 Å². The zero-order valence-corrected chi connectivity index (χ0v) is 15.2. The number of carbonyl (C=O) groups excluding carboxylic acids is 1. The molecule has 5 aliphatic carbocycles. The summed E-state index contributed by atoms with van der Waals surface area (Å²) in [6.45, 7) is 0. The molecule has 0 unspecified atom stereocenters. The van der Waals surface area contributed by atoms with Crippen molar-refractivity contribution in [1.29, 1.82) is 0 Å². The first-order valence-electron chi connectivity index (χ1n) is 10.1. The van der Waals surface area contributed by atoms with Crippen molar-refractivity contribution >= 4 is 11.5 Å². The van der Waals surface area contributed by atoms with E-state index in [9.17, 15) is 10.3 Å². The molecule has 5 saturated carbocycles. The first-order chi connectivity index (χ1) is 12.8. The van der Waals surface area contributed by atoms with Crippen molar-refractivity contribution < 1.29 is 9.58 Å². The van der Waals surface area contributed by atoms with Crippen molar-refractivity contribution in [3.05, 3.63) is 65.7 Å². The molecule has 4 bridgehead atoms. The van der Waals surface area contributed by atoms with Gasteiger partial charge in [-0.2, -0.15) is 4.79 Å². The molecule has 26 heavy (non-hydrogen) atoms. The second-order valence-electron chi connectivity index (χ2n) is 8.14. The van der Waals surface area contributed by atoms with Crippen LogP contribution in [-0.4, -0.2) is 16.3 Å². The fourth-order valence-corrected chi connectivity index (χ4v) is 5.53. The molecule has 0 saturated heterocycles. The van der Waals surface area contributed by atoms with Crippen LogP contribution in [0.25, 0.3) is 5.53 Å². The number of rotatable bonds is 0. The molecule has 5 fully saturated rings. The fraction of sp³-hybridized carbons (Fsp3) is 0.478. The Balaban J connectivity index is 1.63. The Labute approximate surface area is 157 Å². The van der Waals surface area contributed by atoms with E-state index < -0.39 is 0 Å². The average molecular weight is 344 g/mol. The SMILES string of the molecule is [N-]=[N+]=C1CC[C]2[C]3[CH][C]4CCC[C]5[CH][C](CCC3)[C]([C]5CCC[C]42)C1=O. The summed E-state index contributed by atoms with van der Waals surface area (Å²) in [5.41, 5.74) is 9.92. The summed E-state index contributed by atoms with van der Waals surface area (Å²) in [4.78, 5) is 16.8. The molecular weight excluding hydrogens is 320 g/mol. The highest BCUT2D eigenvalue weighted by Crippen LogP contribution is 2.60. The second kappa shape index (κ2) is 6.89. The fourth-order valence-electron chi connectivity index (χ4n) is 5.53. The molecule has 0 aromatic carbocycles. The third-order valence-corrected chi connectivity index (χ3v) is 6.71. The molecule has 132 valence electrons. The minimum absolute atomic E-state index is 0.0262. The summed E-state index contributed by atoms with van der Waals surface area (Å²) in [6.07, 6.45) is 15.8. The van der Waals surface area contributed by atoms with Crippen molar-refractivity contribution in [2.24, 2.45) is 0 Å². The lowest BCUT2D eigenvalue weighted by Crippen LogP contribution is -2.29. The Hall–Kier alpha value is -0.950. The number of hydrogen-bond donors (Lipinski definition) is 0. The minimum Gasteiger partial charge on any atom is -0.361 e. The van der Waals surface area contributed by atoms with Crippen molar-refractivity contribution in [3.8, 4) is 0 Å². The Kier molecular flexibility index (Phi) is 4.55. The molecule has 0 aromatic heterocycles. The zero-order chi connectivity index (χ0) is 17.7. The van der Waals surface area contributed by atoms with Crippen LogP contribution in [0.4, 0.5) is 0 Å². The van der Waals surface area contributed by atoms with E-state index in [1.54, 1.807) is 11.8 Å². The predicted octanol–water partition coefficient (Wildman–Crippen LogP) is 4.59. The molecule has 5 aliphatic rings.